The van der Waals surface area contributed by atoms with Crippen molar-refractivity contribution < 1.29 is 74.9 Å². The van der Waals surface area contributed by atoms with E-state index < -0.39 is 108 Å². The van der Waals surface area contributed by atoms with E-state index in [1.165, 1.54) is 0 Å². The lowest BCUT2D eigenvalue weighted by Crippen LogP contribution is -2.45. The Morgan fingerprint density at radius 3 is 1.93 bits per heavy atom. The first-order valence-electron chi connectivity index (χ1n) is 18.4. The summed E-state index contributed by atoms with van der Waals surface area (Å²) in [5.41, 5.74) is -4.99. The molecule has 0 bridgehead atoms. The fraction of sp³-hybridized carbons (Fsp3) is 0.750. The standard InChI is InChI=1S/C36H57FN3O16PS2/c1-21(2)52-31(45)48-20-51-57(47,49-17-18-58-27(41)33(3,4)5)50-19-22-25(53-32(46)56-36(12,13)14)24(37)26(59-22)39-16-15-23(38-28(39)42)40(29(43)54-34(6,7)8)30(44)55-35(9,10)11/h15-16,21-22,24-26H,17-20H2,1-14H3/t22-,24+,25-,26-,57?/m1/s1. The van der Waals surface area contributed by atoms with E-state index in [0.717, 1.165) is 28.6 Å². The van der Waals surface area contributed by atoms with Gasteiger partial charge in [-0.2, -0.15) is 9.88 Å². The normalized spacial score (nSPS) is 19.7. The maximum atomic E-state index is 16.5. The molecule has 0 radical (unpaired) electrons. The van der Waals surface area contributed by atoms with Crippen molar-refractivity contribution in [2.75, 3.05) is 30.7 Å². The van der Waals surface area contributed by atoms with Crippen LogP contribution in [0.15, 0.2) is 17.1 Å². The second-order valence-corrected chi connectivity index (χ2v) is 21.2. The molecule has 59 heavy (non-hydrogen) atoms. The summed E-state index contributed by atoms with van der Waals surface area (Å²) >= 11 is 1.62. The van der Waals surface area contributed by atoms with Crippen molar-refractivity contribution in [3.05, 3.63) is 22.7 Å². The van der Waals surface area contributed by atoms with Gasteiger partial charge in [0.1, 0.15) is 22.2 Å². The molecule has 1 saturated heterocycles. The molecule has 5 atom stereocenters. The summed E-state index contributed by atoms with van der Waals surface area (Å²) in [5, 5.41) is -2.91. The van der Waals surface area contributed by atoms with Gasteiger partial charge in [0.15, 0.2) is 23.2 Å². The Hall–Kier alpha value is -3.43. The van der Waals surface area contributed by atoms with E-state index in [-0.39, 0.29) is 17.5 Å². The van der Waals surface area contributed by atoms with Gasteiger partial charge >= 0.3 is 38.0 Å². The number of imide groups is 1. The highest BCUT2D eigenvalue weighted by atomic mass is 32.2. The number of nitrogens with zero attached hydrogens (tertiary/aromatic N) is 3. The molecule has 0 aromatic carbocycles. The third-order valence-electron chi connectivity index (χ3n) is 6.65. The molecule has 1 aromatic rings. The number of hydrogen-bond acceptors (Lipinski definition) is 19. The zero-order valence-corrected chi connectivity index (χ0v) is 38.4. The van der Waals surface area contributed by atoms with Crippen LogP contribution in [-0.4, -0.2) is 105 Å². The summed E-state index contributed by atoms with van der Waals surface area (Å²) in [6.45, 7) is 20.3. The van der Waals surface area contributed by atoms with Gasteiger partial charge in [-0.05, 0) is 82.2 Å². The Balaban J connectivity index is 2.47. The van der Waals surface area contributed by atoms with Gasteiger partial charge in [-0.15, -0.1) is 11.8 Å². The molecule has 0 N–H and O–H groups in total. The summed E-state index contributed by atoms with van der Waals surface area (Å²) in [4.78, 5) is 81.3. The van der Waals surface area contributed by atoms with Crippen LogP contribution in [0.25, 0.3) is 0 Å². The smallest absolute Gasteiger partial charge is 0.443 e. The minimum absolute atomic E-state index is 0.0193. The molecular weight excluding hydrogens is 845 g/mol. The van der Waals surface area contributed by atoms with Crippen LogP contribution in [-0.2, 0) is 51.4 Å². The molecule has 2 amide bonds. The van der Waals surface area contributed by atoms with E-state index in [4.69, 9.17) is 42.0 Å². The quantitative estimate of drug-likeness (QED) is 0.0564. The van der Waals surface area contributed by atoms with Crippen LogP contribution < -0.4 is 10.6 Å². The molecule has 1 fully saturated rings. The number of hydrogen-bond donors (Lipinski definition) is 0. The Bertz CT molecular complexity index is 1720. The maximum absolute atomic E-state index is 16.5. The SMILES string of the molecule is CC(C)OC(=O)OCOP(=O)(OCCSC(=O)C(C)(C)C)OC[C@H]1S[C@@H](n2ccc(N(C(=O)OC(C)(C)C)C(=O)OC(C)(C)C)nc2=O)[C@@H](F)[C@@H]1OC(=O)OC(C)(C)C. The summed E-state index contributed by atoms with van der Waals surface area (Å²) in [6, 6.07) is 1.08. The lowest BCUT2D eigenvalue weighted by atomic mass is 10.00. The van der Waals surface area contributed by atoms with E-state index in [1.807, 2.05) is 0 Å². The summed E-state index contributed by atoms with van der Waals surface area (Å²) in [7, 11) is -4.68. The minimum Gasteiger partial charge on any atom is -0.443 e. The molecule has 19 nitrogen and oxygen atoms in total. The fourth-order valence-corrected chi connectivity index (χ4v) is 7.85. The highest BCUT2D eigenvalue weighted by Gasteiger charge is 2.50. The maximum Gasteiger partial charge on any atom is 0.510 e. The van der Waals surface area contributed by atoms with Gasteiger partial charge in [0, 0.05) is 17.4 Å². The molecule has 2 heterocycles. The van der Waals surface area contributed by atoms with Gasteiger partial charge in [-0.1, -0.05) is 32.5 Å². The topological polar surface area (TPSA) is 224 Å². The number of amides is 2. The molecule has 1 aromatic heterocycles. The lowest BCUT2D eigenvalue weighted by Gasteiger charge is -2.28. The third kappa shape index (κ3) is 18.0. The molecule has 2 rings (SSSR count). The van der Waals surface area contributed by atoms with Gasteiger partial charge in [0.2, 0.25) is 6.79 Å². The predicted molar refractivity (Wildman–Crippen MR) is 215 cm³/mol. The summed E-state index contributed by atoms with van der Waals surface area (Å²) in [6.07, 6.45) is -8.19. The van der Waals surface area contributed by atoms with Crippen molar-refractivity contribution >= 4 is 66.8 Å². The van der Waals surface area contributed by atoms with Crippen LogP contribution in [0.2, 0.25) is 0 Å². The second kappa shape index (κ2) is 20.9. The Morgan fingerprint density at radius 1 is 0.881 bits per heavy atom. The van der Waals surface area contributed by atoms with E-state index in [1.54, 1.807) is 96.9 Å². The number of ether oxygens (including phenoxy) is 6. The minimum atomic E-state index is -4.68. The zero-order valence-electron chi connectivity index (χ0n) is 35.9. The van der Waals surface area contributed by atoms with Crippen LogP contribution in [0.1, 0.15) is 102 Å². The number of phosphoric ester groups is 1. The first-order chi connectivity index (χ1) is 26.8. The molecule has 0 aliphatic carbocycles. The van der Waals surface area contributed by atoms with E-state index in [9.17, 15) is 33.3 Å². The number of thioether (sulfide) groups is 2. The molecule has 1 aliphatic heterocycles. The van der Waals surface area contributed by atoms with Gasteiger partial charge in [0.25, 0.3) is 0 Å². The summed E-state index contributed by atoms with van der Waals surface area (Å²) < 4.78 is 78.3. The van der Waals surface area contributed by atoms with E-state index in [0.29, 0.717) is 16.7 Å². The fourth-order valence-electron chi connectivity index (χ4n) is 4.32. The Morgan fingerprint density at radius 2 is 1.44 bits per heavy atom. The number of phosphoric acid groups is 1. The number of carbonyl (C=O) groups excluding carboxylic acids is 5. The van der Waals surface area contributed by atoms with E-state index in [2.05, 4.69) is 4.98 Å². The first-order valence-corrected chi connectivity index (χ1v) is 21.8. The van der Waals surface area contributed by atoms with Crippen LogP contribution >= 0.6 is 31.3 Å². The van der Waals surface area contributed by atoms with Gasteiger partial charge in [-0.25, -0.2) is 37.5 Å². The van der Waals surface area contributed by atoms with Gasteiger partial charge in [-0.3, -0.25) is 18.4 Å². The number of carbonyl (C=O) groups is 5. The largest absolute Gasteiger partial charge is 0.510 e. The van der Waals surface area contributed by atoms with Crippen LogP contribution in [0.3, 0.4) is 0 Å². The van der Waals surface area contributed by atoms with Crippen LogP contribution in [0.4, 0.5) is 29.4 Å². The second-order valence-electron chi connectivity index (χ2n) is 17.1. The number of rotatable bonds is 14. The predicted octanol–water partition coefficient (Wildman–Crippen LogP) is 8.18. The zero-order chi connectivity index (χ0) is 45.3. The van der Waals surface area contributed by atoms with Crippen molar-refractivity contribution in [1.82, 2.24) is 9.55 Å². The molecule has 1 aliphatic rings. The average molecular weight is 902 g/mol. The molecular formula is C36H57FN3O16PS2. The van der Waals surface area contributed by atoms with Crippen molar-refractivity contribution in [1.29, 1.82) is 0 Å². The highest BCUT2D eigenvalue weighted by Crippen LogP contribution is 2.52. The van der Waals surface area contributed by atoms with Gasteiger partial charge in [0.05, 0.1) is 24.6 Å². The van der Waals surface area contributed by atoms with Crippen molar-refractivity contribution in [3.63, 3.8) is 0 Å². The van der Waals surface area contributed by atoms with Crippen LogP contribution in [0, 0.1) is 5.41 Å². The van der Waals surface area contributed by atoms with Crippen molar-refractivity contribution in [2.24, 2.45) is 5.41 Å². The van der Waals surface area contributed by atoms with E-state index >= 15 is 4.39 Å². The lowest BCUT2D eigenvalue weighted by molar-refractivity contribution is -0.117. The van der Waals surface area contributed by atoms with Gasteiger partial charge < -0.3 is 28.4 Å². The molecule has 1 unspecified atom stereocenters. The third-order valence-corrected chi connectivity index (χ3v) is 10.8. The van der Waals surface area contributed by atoms with Crippen LogP contribution in [0.5, 0.6) is 0 Å². The summed E-state index contributed by atoms with van der Waals surface area (Å²) in [5.74, 6) is -0.475. The number of halogens is 1. The Kier molecular flexibility index (Phi) is 18.3. The number of alkyl halides is 1. The molecule has 0 spiro atoms. The molecule has 23 heteroatoms. The molecule has 336 valence electrons. The van der Waals surface area contributed by atoms with Crippen molar-refractivity contribution in [3.8, 4) is 0 Å². The number of anilines is 1. The molecule has 0 saturated carbocycles. The first kappa shape index (κ1) is 51.7. The average Bonchev–Trinajstić information content (AvgIpc) is 3.32. The monoisotopic (exact) mass is 901 g/mol. The number of aromatic nitrogens is 2. The van der Waals surface area contributed by atoms with Crippen molar-refractivity contribution in [2.45, 2.75) is 143 Å². The Labute approximate surface area is 351 Å². The highest BCUT2D eigenvalue weighted by molar-refractivity contribution is 8.13.